The summed E-state index contributed by atoms with van der Waals surface area (Å²) in [7, 11) is -3.83. The first-order valence-corrected chi connectivity index (χ1v) is 16.1. The molecular weight excluding hydrogens is 590 g/mol. The van der Waals surface area contributed by atoms with Gasteiger partial charge in [0.15, 0.2) is 5.79 Å². The van der Waals surface area contributed by atoms with Crippen LogP contribution in [0.1, 0.15) is 58.6 Å². The number of hydrogen-bond acceptors (Lipinski definition) is 7. The molecule has 0 saturated carbocycles. The average molecular weight is 630 g/mol. The van der Waals surface area contributed by atoms with Crippen LogP contribution in [0.15, 0.2) is 82.6 Å². The van der Waals surface area contributed by atoms with Gasteiger partial charge < -0.3 is 24.3 Å². The Morgan fingerprint density at radius 3 is 2.28 bits per heavy atom. The lowest BCUT2D eigenvalue weighted by atomic mass is 9.92. The number of hydrogen-bond donors (Lipinski definition) is 1. The maximum atomic E-state index is 13.4. The van der Waals surface area contributed by atoms with Crippen molar-refractivity contribution in [3.8, 4) is 5.75 Å². The van der Waals surface area contributed by atoms with E-state index in [1.165, 1.54) is 12.1 Å². The summed E-state index contributed by atoms with van der Waals surface area (Å²) in [6, 6.07) is 20.9. The molecule has 1 fully saturated rings. The van der Waals surface area contributed by atoms with E-state index in [1.807, 2.05) is 44.2 Å². The first-order valence-electron chi connectivity index (χ1n) is 14.3. The van der Waals surface area contributed by atoms with E-state index in [1.54, 1.807) is 51.1 Å². The molecule has 1 aliphatic rings. The highest BCUT2D eigenvalue weighted by Crippen LogP contribution is 2.31. The molecule has 3 aromatic rings. The third-order valence-electron chi connectivity index (χ3n) is 6.96. The normalized spacial score (nSPS) is 16.3. The van der Waals surface area contributed by atoms with Gasteiger partial charge in [-0.05, 0) is 95.3 Å². The topological polar surface area (TPSA) is 100 Å². The number of halogens is 1. The standard InChI is InChI=1S/C33H40ClNO7S/c1-31(2,3)42-30(36)35-33(22-40-32(4,5)41-23-33)18-10-13-25-16-17-28(20-29(25)34)43(37,38)27-15-9-14-26(19-27)39-21-24-11-7-6-8-12-24/h6-9,11-12,14-17,19-20H,10,13,18,21-23H2,1-5H3,(H,35,36). The zero-order chi connectivity index (χ0) is 31.3. The van der Waals surface area contributed by atoms with E-state index < -0.39 is 32.9 Å². The lowest BCUT2D eigenvalue weighted by Gasteiger charge is -2.44. The maximum absolute atomic E-state index is 13.4. The Balaban J connectivity index is 1.42. The molecule has 10 heteroatoms. The van der Waals surface area contributed by atoms with Gasteiger partial charge in [0.25, 0.3) is 0 Å². The van der Waals surface area contributed by atoms with E-state index >= 15 is 0 Å². The second-order valence-electron chi connectivity index (χ2n) is 12.2. The Kier molecular flexibility index (Phi) is 10.1. The molecule has 1 saturated heterocycles. The molecule has 0 atom stereocenters. The Labute approximate surface area is 259 Å². The Hall–Kier alpha value is -3.11. The SMILES string of the molecule is CC(C)(C)OC(=O)NC1(CCCc2ccc(S(=O)(=O)c3cccc(OCc4ccccc4)c3)cc2Cl)COC(C)(C)OC1. The van der Waals surface area contributed by atoms with Crippen LogP contribution in [0.4, 0.5) is 4.79 Å². The summed E-state index contributed by atoms with van der Waals surface area (Å²) in [6.45, 7) is 9.92. The van der Waals surface area contributed by atoms with E-state index in [-0.39, 0.29) is 23.0 Å². The van der Waals surface area contributed by atoms with Gasteiger partial charge in [0.05, 0.1) is 28.5 Å². The second kappa shape index (κ2) is 13.3. The first kappa shape index (κ1) is 32.8. The molecule has 1 heterocycles. The number of alkyl carbamates (subject to hydrolysis) is 1. The molecule has 232 valence electrons. The van der Waals surface area contributed by atoms with Crippen molar-refractivity contribution in [3.05, 3.63) is 88.9 Å². The summed E-state index contributed by atoms with van der Waals surface area (Å²) in [5.74, 6) is -0.294. The number of carbonyl (C=O) groups excluding carboxylic acids is 1. The second-order valence-corrected chi connectivity index (χ2v) is 14.6. The highest BCUT2D eigenvalue weighted by molar-refractivity contribution is 7.91. The zero-order valence-electron chi connectivity index (χ0n) is 25.3. The fraction of sp³-hybridized carbons (Fsp3) is 0.424. The molecule has 8 nitrogen and oxygen atoms in total. The molecule has 3 aromatic carbocycles. The van der Waals surface area contributed by atoms with Crippen LogP contribution in [0.3, 0.4) is 0 Å². The Bertz CT molecular complexity index is 1510. The van der Waals surface area contributed by atoms with E-state index in [0.29, 0.717) is 36.6 Å². The highest BCUT2D eigenvalue weighted by Gasteiger charge is 2.41. The van der Waals surface area contributed by atoms with Gasteiger partial charge in [-0.25, -0.2) is 13.2 Å². The van der Waals surface area contributed by atoms with E-state index in [4.69, 9.17) is 30.5 Å². The molecule has 0 aliphatic carbocycles. The van der Waals surface area contributed by atoms with Gasteiger partial charge in [0, 0.05) is 5.02 Å². The quantitative estimate of drug-likeness (QED) is 0.255. The van der Waals surface area contributed by atoms with Gasteiger partial charge in [0.1, 0.15) is 18.0 Å². The van der Waals surface area contributed by atoms with Crippen LogP contribution in [-0.2, 0) is 37.1 Å². The summed E-state index contributed by atoms with van der Waals surface area (Å²) < 4.78 is 50.0. The van der Waals surface area contributed by atoms with Crippen LogP contribution in [0.2, 0.25) is 5.02 Å². The van der Waals surface area contributed by atoms with Gasteiger partial charge in [-0.3, -0.25) is 0 Å². The monoisotopic (exact) mass is 629 g/mol. The lowest BCUT2D eigenvalue weighted by molar-refractivity contribution is -0.271. The highest BCUT2D eigenvalue weighted by atomic mass is 35.5. The van der Waals surface area contributed by atoms with Gasteiger partial charge in [-0.1, -0.05) is 54.1 Å². The van der Waals surface area contributed by atoms with Gasteiger partial charge >= 0.3 is 6.09 Å². The van der Waals surface area contributed by atoms with Crippen molar-refractivity contribution in [1.82, 2.24) is 5.32 Å². The number of aryl methyl sites for hydroxylation is 1. The molecule has 0 aromatic heterocycles. The molecule has 4 rings (SSSR count). The molecule has 0 bridgehead atoms. The average Bonchev–Trinajstić information content (AvgIpc) is 2.94. The van der Waals surface area contributed by atoms with Crippen LogP contribution in [0.5, 0.6) is 5.75 Å². The molecule has 43 heavy (non-hydrogen) atoms. The van der Waals surface area contributed by atoms with Gasteiger partial charge in [0.2, 0.25) is 9.84 Å². The fourth-order valence-corrected chi connectivity index (χ4v) is 6.29. The Morgan fingerprint density at radius 2 is 1.63 bits per heavy atom. The third kappa shape index (κ3) is 9.19. The summed E-state index contributed by atoms with van der Waals surface area (Å²) >= 11 is 6.59. The summed E-state index contributed by atoms with van der Waals surface area (Å²) in [5.41, 5.74) is 0.358. The van der Waals surface area contributed by atoms with E-state index in [2.05, 4.69) is 5.32 Å². The smallest absolute Gasteiger partial charge is 0.408 e. The van der Waals surface area contributed by atoms with Crippen LogP contribution in [0, 0.1) is 0 Å². The van der Waals surface area contributed by atoms with Crippen molar-refractivity contribution < 1.29 is 32.2 Å². The minimum absolute atomic E-state index is 0.0980. The van der Waals surface area contributed by atoms with Crippen LogP contribution < -0.4 is 10.1 Å². The minimum atomic E-state index is -3.83. The van der Waals surface area contributed by atoms with Crippen molar-refractivity contribution in [2.24, 2.45) is 0 Å². The molecule has 1 amide bonds. The fourth-order valence-electron chi connectivity index (χ4n) is 4.63. The van der Waals surface area contributed by atoms with Crippen molar-refractivity contribution in [2.75, 3.05) is 13.2 Å². The maximum Gasteiger partial charge on any atom is 0.408 e. The lowest BCUT2D eigenvalue weighted by Crippen LogP contribution is -2.61. The van der Waals surface area contributed by atoms with E-state index in [0.717, 1.165) is 11.1 Å². The molecule has 1 N–H and O–H groups in total. The Morgan fingerprint density at radius 1 is 0.953 bits per heavy atom. The first-order chi connectivity index (χ1) is 20.2. The van der Waals surface area contributed by atoms with Crippen molar-refractivity contribution >= 4 is 27.5 Å². The number of carbonyl (C=O) groups is 1. The molecule has 0 spiro atoms. The number of benzene rings is 3. The molecule has 0 radical (unpaired) electrons. The zero-order valence-corrected chi connectivity index (χ0v) is 26.9. The largest absolute Gasteiger partial charge is 0.489 e. The predicted octanol–water partition coefficient (Wildman–Crippen LogP) is 7.12. The van der Waals surface area contributed by atoms with Gasteiger partial charge in [-0.15, -0.1) is 0 Å². The van der Waals surface area contributed by atoms with Crippen LogP contribution >= 0.6 is 11.6 Å². The molecule has 0 unspecified atom stereocenters. The van der Waals surface area contributed by atoms with E-state index in [9.17, 15) is 13.2 Å². The van der Waals surface area contributed by atoms with Crippen molar-refractivity contribution in [2.45, 2.75) is 87.2 Å². The number of ether oxygens (including phenoxy) is 4. The summed E-state index contributed by atoms with van der Waals surface area (Å²) in [4.78, 5) is 12.8. The summed E-state index contributed by atoms with van der Waals surface area (Å²) in [6.07, 6.45) is 1.19. The van der Waals surface area contributed by atoms with Crippen molar-refractivity contribution in [3.63, 3.8) is 0 Å². The van der Waals surface area contributed by atoms with Crippen LogP contribution in [0.25, 0.3) is 0 Å². The predicted molar refractivity (Wildman–Crippen MR) is 165 cm³/mol. The number of sulfone groups is 1. The molecule has 1 aliphatic heterocycles. The number of rotatable bonds is 10. The van der Waals surface area contributed by atoms with Crippen molar-refractivity contribution in [1.29, 1.82) is 0 Å². The number of amides is 1. The van der Waals surface area contributed by atoms with Crippen LogP contribution in [-0.4, -0.2) is 44.7 Å². The number of nitrogens with one attached hydrogen (secondary N) is 1. The minimum Gasteiger partial charge on any atom is -0.489 e. The van der Waals surface area contributed by atoms with Gasteiger partial charge in [-0.2, -0.15) is 0 Å². The summed E-state index contributed by atoms with van der Waals surface area (Å²) in [5, 5.41) is 3.31. The molecular formula is C33H40ClNO7S. The third-order valence-corrected chi connectivity index (χ3v) is 9.06.